The van der Waals surface area contributed by atoms with E-state index in [9.17, 15) is 4.79 Å². The number of fused-ring (bicyclic) bond motifs is 1. The highest BCUT2D eigenvalue weighted by atomic mass is 79.9. The van der Waals surface area contributed by atoms with Crippen LogP contribution in [-0.2, 0) is 0 Å². The summed E-state index contributed by atoms with van der Waals surface area (Å²) in [5.41, 5.74) is 1.10. The first-order valence-corrected chi connectivity index (χ1v) is 6.97. The number of hydrogen-bond acceptors (Lipinski definition) is 3. The lowest BCUT2D eigenvalue weighted by atomic mass is 10.2. The minimum atomic E-state index is -0.267. The third-order valence-electron chi connectivity index (χ3n) is 2.81. The largest absolute Gasteiger partial charge is 0.454 e. The quantitative estimate of drug-likeness (QED) is 0.884. The SMILES string of the molecule is O=C(Nc1ccccc1Br)c1cc(Cl)c2c(c1)OCO2. The number of hydrogen-bond donors (Lipinski definition) is 1. The van der Waals surface area contributed by atoms with Crippen molar-refractivity contribution in [2.24, 2.45) is 0 Å². The average molecular weight is 355 g/mol. The molecule has 1 amide bonds. The van der Waals surface area contributed by atoms with Gasteiger partial charge in [0.15, 0.2) is 11.5 Å². The van der Waals surface area contributed by atoms with Crippen LogP contribution in [0.25, 0.3) is 0 Å². The highest BCUT2D eigenvalue weighted by molar-refractivity contribution is 9.10. The molecule has 4 nitrogen and oxygen atoms in total. The number of rotatable bonds is 2. The second kappa shape index (κ2) is 5.34. The zero-order valence-electron chi connectivity index (χ0n) is 10.2. The van der Waals surface area contributed by atoms with Crippen molar-refractivity contribution in [3.05, 3.63) is 51.5 Å². The van der Waals surface area contributed by atoms with Crippen molar-refractivity contribution in [3.8, 4) is 11.5 Å². The second-order valence-electron chi connectivity index (χ2n) is 4.13. The van der Waals surface area contributed by atoms with E-state index in [1.54, 1.807) is 18.2 Å². The number of para-hydroxylation sites is 1. The lowest BCUT2D eigenvalue weighted by Crippen LogP contribution is -2.12. The summed E-state index contributed by atoms with van der Waals surface area (Å²) < 4.78 is 11.3. The van der Waals surface area contributed by atoms with Crippen LogP contribution in [0.15, 0.2) is 40.9 Å². The van der Waals surface area contributed by atoms with Crippen LogP contribution in [-0.4, -0.2) is 12.7 Å². The number of carbonyl (C=O) groups excluding carboxylic acids is 1. The summed E-state index contributed by atoms with van der Waals surface area (Å²) in [5.74, 6) is 0.691. The van der Waals surface area contributed by atoms with Gasteiger partial charge in [-0.2, -0.15) is 0 Å². The summed E-state index contributed by atoms with van der Waals surface area (Å²) in [7, 11) is 0. The van der Waals surface area contributed by atoms with E-state index in [2.05, 4.69) is 21.2 Å². The predicted octanol–water partition coefficient (Wildman–Crippen LogP) is 4.08. The second-order valence-corrected chi connectivity index (χ2v) is 5.39. The molecule has 0 bridgehead atoms. The van der Waals surface area contributed by atoms with E-state index in [1.807, 2.05) is 18.2 Å². The molecule has 0 aromatic heterocycles. The molecule has 0 spiro atoms. The van der Waals surface area contributed by atoms with Gasteiger partial charge in [-0.05, 0) is 40.2 Å². The topological polar surface area (TPSA) is 47.6 Å². The van der Waals surface area contributed by atoms with Crippen LogP contribution < -0.4 is 14.8 Å². The molecule has 2 aromatic carbocycles. The number of halogens is 2. The first kappa shape index (κ1) is 13.3. The van der Waals surface area contributed by atoms with Crippen LogP contribution in [0.2, 0.25) is 5.02 Å². The van der Waals surface area contributed by atoms with Gasteiger partial charge in [0.05, 0.1) is 10.7 Å². The van der Waals surface area contributed by atoms with Crippen LogP contribution in [0.4, 0.5) is 5.69 Å². The van der Waals surface area contributed by atoms with Crippen LogP contribution >= 0.6 is 27.5 Å². The van der Waals surface area contributed by atoms with Gasteiger partial charge in [0.25, 0.3) is 5.91 Å². The van der Waals surface area contributed by atoms with E-state index in [1.165, 1.54) is 0 Å². The van der Waals surface area contributed by atoms with Gasteiger partial charge in [-0.15, -0.1) is 0 Å². The third-order valence-corrected chi connectivity index (χ3v) is 3.78. The number of benzene rings is 2. The molecule has 3 rings (SSSR count). The van der Waals surface area contributed by atoms with Crippen molar-refractivity contribution in [2.75, 3.05) is 12.1 Å². The van der Waals surface area contributed by atoms with Crippen molar-refractivity contribution in [3.63, 3.8) is 0 Å². The normalized spacial score (nSPS) is 12.3. The molecule has 0 saturated heterocycles. The molecular formula is C14H9BrClNO3. The van der Waals surface area contributed by atoms with Crippen LogP contribution in [0.1, 0.15) is 10.4 Å². The Bertz CT molecular complexity index is 690. The highest BCUT2D eigenvalue weighted by Crippen LogP contribution is 2.40. The number of amides is 1. The highest BCUT2D eigenvalue weighted by Gasteiger charge is 2.20. The van der Waals surface area contributed by atoms with Crippen molar-refractivity contribution in [2.45, 2.75) is 0 Å². The van der Waals surface area contributed by atoms with Crippen molar-refractivity contribution in [1.29, 1.82) is 0 Å². The minimum Gasteiger partial charge on any atom is -0.454 e. The molecule has 0 aliphatic carbocycles. The van der Waals surface area contributed by atoms with Gasteiger partial charge < -0.3 is 14.8 Å². The Balaban J connectivity index is 1.88. The van der Waals surface area contributed by atoms with Gasteiger partial charge in [-0.3, -0.25) is 4.79 Å². The van der Waals surface area contributed by atoms with E-state index in [0.29, 0.717) is 27.8 Å². The Morgan fingerprint density at radius 3 is 2.85 bits per heavy atom. The molecule has 0 atom stereocenters. The number of carbonyl (C=O) groups is 1. The zero-order valence-corrected chi connectivity index (χ0v) is 12.5. The molecule has 2 aromatic rings. The molecule has 1 heterocycles. The summed E-state index contributed by atoms with van der Waals surface area (Å²) >= 11 is 9.43. The minimum absolute atomic E-state index is 0.115. The lowest BCUT2D eigenvalue weighted by molar-refractivity contribution is 0.102. The lowest BCUT2D eigenvalue weighted by Gasteiger charge is -2.08. The van der Waals surface area contributed by atoms with E-state index in [0.717, 1.165) is 4.47 Å². The molecule has 0 saturated carbocycles. The average Bonchev–Trinajstić information content (AvgIpc) is 2.90. The van der Waals surface area contributed by atoms with Crippen LogP contribution in [0.5, 0.6) is 11.5 Å². The standard InChI is InChI=1S/C14H9BrClNO3/c15-9-3-1-2-4-11(9)17-14(18)8-5-10(16)13-12(6-8)19-7-20-13/h1-6H,7H2,(H,17,18). The van der Waals surface area contributed by atoms with Gasteiger partial charge in [-0.1, -0.05) is 23.7 Å². The first-order chi connectivity index (χ1) is 9.65. The molecule has 6 heteroatoms. The third kappa shape index (κ3) is 2.46. The van der Waals surface area contributed by atoms with Crippen molar-refractivity contribution in [1.82, 2.24) is 0 Å². The molecule has 1 aliphatic rings. The Morgan fingerprint density at radius 2 is 2.05 bits per heavy atom. The molecule has 1 N–H and O–H groups in total. The van der Waals surface area contributed by atoms with Crippen LogP contribution in [0, 0.1) is 0 Å². The molecular weight excluding hydrogens is 346 g/mol. The fraction of sp³-hybridized carbons (Fsp3) is 0.0714. The molecule has 20 heavy (non-hydrogen) atoms. The molecule has 1 aliphatic heterocycles. The van der Waals surface area contributed by atoms with Gasteiger partial charge in [0, 0.05) is 10.0 Å². The van der Waals surface area contributed by atoms with Crippen LogP contribution in [0.3, 0.4) is 0 Å². The number of nitrogens with one attached hydrogen (secondary N) is 1. The van der Waals surface area contributed by atoms with Gasteiger partial charge in [0.1, 0.15) is 0 Å². The fourth-order valence-corrected chi connectivity index (χ4v) is 2.50. The number of anilines is 1. The monoisotopic (exact) mass is 353 g/mol. The summed E-state index contributed by atoms with van der Waals surface area (Å²) in [5, 5.41) is 3.16. The Morgan fingerprint density at radius 1 is 1.25 bits per heavy atom. The zero-order chi connectivity index (χ0) is 14.1. The molecule has 0 radical (unpaired) electrons. The Hall–Kier alpha value is -1.72. The maximum absolute atomic E-state index is 12.2. The number of ether oxygens (including phenoxy) is 2. The summed E-state index contributed by atoms with van der Waals surface area (Å²) in [4.78, 5) is 12.2. The summed E-state index contributed by atoms with van der Waals surface area (Å²) in [6, 6.07) is 10.5. The Labute approximate surface area is 128 Å². The Kier molecular flexibility index (Phi) is 3.54. The predicted molar refractivity (Wildman–Crippen MR) is 79.7 cm³/mol. The molecule has 0 unspecified atom stereocenters. The van der Waals surface area contributed by atoms with E-state index in [4.69, 9.17) is 21.1 Å². The maximum Gasteiger partial charge on any atom is 0.255 e. The molecule has 102 valence electrons. The smallest absolute Gasteiger partial charge is 0.255 e. The van der Waals surface area contributed by atoms with Crippen molar-refractivity contribution < 1.29 is 14.3 Å². The van der Waals surface area contributed by atoms with Gasteiger partial charge in [0.2, 0.25) is 6.79 Å². The summed E-state index contributed by atoms with van der Waals surface area (Å²) in [6.45, 7) is 0.115. The van der Waals surface area contributed by atoms with Crippen molar-refractivity contribution >= 4 is 39.1 Å². The fourth-order valence-electron chi connectivity index (χ4n) is 1.86. The van der Waals surface area contributed by atoms with E-state index < -0.39 is 0 Å². The maximum atomic E-state index is 12.2. The first-order valence-electron chi connectivity index (χ1n) is 5.80. The molecule has 0 fully saturated rings. The van der Waals surface area contributed by atoms with Gasteiger partial charge in [-0.25, -0.2) is 0 Å². The van der Waals surface area contributed by atoms with E-state index >= 15 is 0 Å². The summed E-state index contributed by atoms with van der Waals surface area (Å²) in [6.07, 6.45) is 0. The van der Waals surface area contributed by atoms with E-state index in [-0.39, 0.29) is 12.7 Å². The van der Waals surface area contributed by atoms with Gasteiger partial charge >= 0.3 is 0 Å².